The Morgan fingerprint density at radius 3 is 2.80 bits per heavy atom. The van der Waals surface area contributed by atoms with Gasteiger partial charge in [0, 0.05) is 28.2 Å². The molecule has 1 saturated heterocycles. The second-order valence-corrected chi connectivity index (χ2v) is 11.1. The van der Waals surface area contributed by atoms with Crippen LogP contribution in [-0.2, 0) is 16.4 Å². The van der Waals surface area contributed by atoms with Crippen molar-refractivity contribution in [2.24, 2.45) is 0 Å². The highest BCUT2D eigenvalue weighted by molar-refractivity contribution is 9.10. The Labute approximate surface area is 183 Å². The number of fused-ring (bicyclic) bond motifs is 2. The Morgan fingerprint density at radius 1 is 1.23 bits per heavy atom. The van der Waals surface area contributed by atoms with Gasteiger partial charge in [0.05, 0.1) is 17.1 Å². The van der Waals surface area contributed by atoms with Crippen LogP contribution >= 0.6 is 15.9 Å². The normalized spacial score (nSPS) is 23.7. The minimum Gasteiger partial charge on any atom is -0.477 e. The molecule has 2 aromatic rings. The fourth-order valence-corrected chi connectivity index (χ4v) is 6.49. The Balaban J connectivity index is 1.45. The van der Waals surface area contributed by atoms with Crippen LogP contribution < -0.4 is 9.47 Å². The fraction of sp³-hybridized carbons (Fsp3) is 0.318. The van der Waals surface area contributed by atoms with Gasteiger partial charge in [0.1, 0.15) is 18.2 Å². The highest BCUT2D eigenvalue weighted by Gasteiger charge is 2.37. The molecule has 0 aromatic heterocycles. The topological polar surface area (TPSA) is 72.9 Å². The van der Waals surface area contributed by atoms with Crippen molar-refractivity contribution in [1.82, 2.24) is 4.90 Å². The average Bonchev–Trinajstić information content (AvgIpc) is 3.22. The van der Waals surface area contributed by atoms with Gasteiger partial charge in [-0.1, -0.05) is 28.1 Å². The van der Waals surface area contributed by atoms with Gasteiger partial charge >= 0.3 is 0 Å². The zero-order valence-electron chi connectivity index (χ0n) is 16.4. The highest BCUT2D eigenvalue weighted by Crippen LogP contribution is 2.43. The second kappa shape index (κ2) is 7.21. The molecule has 1 fully saturated rings. The van der Waals surface area contributed by atoms with E-state index in [4.69, 9.17) is 9.47 Å². The lowest BCUT2D eigenvalue weighted by molar-refractivity contribution is 0.0637. The molecule has 3 heterocycles. The summed E-state index contributed by atoms with van der Waals surface area (Å²) in [5, 5.41) is 0. The van der Waals surface area contributed by atoms with Crippen molar-refractivity contribution in [1.29, 1.82) is 0 Å². The van der Waals surface area contributed by atoms with E-state index in [9.17, 15) is 13.2 Å². The minimum absolute atomic E-state index is 0.0457. The first-order valence-electron chi connectivity index (χ1n) is 9.74. The third-order valence-electron chi connectivity index (χ3n) is 5.84. The summed E-state index contributed by atoms with van der Waals surface area (Å²) in [6.07, 6.45) is 2.36. The molecule has 1 atom stereocenters. The van der Waals surface area contributed by atoms with Crippen molar-refractivity contribution in [2.75, 3.05) is 18.2 Å². The molecule has 0 amide bonds. The molecule has 1 unspecified atom stereocenters. The molecule has 3 aliphatic rings. The van der Waals surface area contributed by atoms with Gasteiger partial charge in [-0.25, -0.2) is 8.42 Å². The number of benzene rings is 2. The summed E-state index contributed by atoms with van der Waals surface area (Å²) in [4.78, 5) is 15.0. The lowest BCUT2D eigenvalue weighted by atomic mass is 9.99. The number of allylic oxidation sites excluding steroid dienone is 1. The number of hydrogen-bond acceptors (Lipinski definition) is 6. The predicted molar refractivity (Wildman–Crippen MR) is 116 cm³/mol. The van der Waals surface area contributed by atoms with Crippen LogP contribution in [0, 0.1) is 6.92 Å². The number of carbonyl (C=O) groups is 1. The van der Waals surface area contributed by atoms with Crippen molar-refractivity contribution >= 4 is 37.6 Å². The van der Waals surface area contributed by atoms with E-state index in [1.54, 1.807) is 6.08 Å². The maximum absolute atomic E-state index is 13.0. The highest BCUT2D eigenvalue weighted by atomic mass is 79.9. The van der Waals surface area contributed by atoms with E-state index in [-0.39, 0.29) is 29.1 Å². The molecule has 0 N–H and O–H groups in total. The Morgan fingerprint density at radius 2 is 2.07 bits per heavy atom. The number of sulfone groups is 1. The molecular weight excluding hydrogens is 470 g/mol. The quantitative estimate of drug-likeness (QED) is 0.598. The molecule has 0 saturated carbocycles. The van der Waals surface area contributed by atoms with Gasteiger partial charge in [-0.3, -0.25) is 9.69 Å². The van der Waals surface area contributed by atoms with Crippen LogP contribution in [0.2, 0.25) is 0 Å². The summed E-state index contributed by atoms with van der Waals surface area (Å²) < 4.78 is 36.6. The van der Waals surface area contributed by atoms with E-state index < -0.39 is 9.84 Å². The molecule has 0 spiro atoms. The minimum atomic E-state index is -2.97. The smallest absolute Gasteiger partial charge is 0.231 e. The third-order valence-corrected chi connectivity index (χ3v) is 8.08. The Hall–Kier alpha value is -2.16. The first-order valence-corrected chi connectivity index (χ1v) is 12.4. The zero-order valence-corrected chi connectivity index (χ0v) is 18.8. The lowest BCUT2D eigenvalue weighted by Crippen LogP contribution is -2.41. The van der Waals surface area contributed by atoms with E-state index in [0.717, 1.165) is 26.9 Å². The average molecular weight is 490 g/mol. The number of hydrogen-bond donors (Lipinski definition) is 0. The SMILES string of the molecule is Cc1c2c(cc3c1O/C(=C\c1cccc(Br)c1)C3=O)CN(C1CCS(=O)(=O)C1)CO2. The molecular formula is C22H20BrNO5S. The summed E-state index contributed by atoms with van der Waals surface area (Å²) in [7, 11) is -2.97. The molecule has 3 aliphatic heterocycles. The van der Waals surface area contributed by atoms with Gasteiger partial charge in [-0.2, -0.15) is 0 Å². The number of rotatable bonds is 2. The van der Waals surface area contributed by atoms with E-state index in [0.29, 0.717) is 31.0 Å². The van der Waals surface area contributed by atoms with Gasteiger partial charge in [-0.05, 0) is 43.2 Å². The Kier molecular flexibility index (Phi) is 4.76. The monoisotopic (exact) mass is 489 g/mol. The first kappa shape index (κ1) is 19.8. The largest absolute Gasteiger partial charge is 0.477 e. The van der Waals surface area contributed by atoms with Crippen molar-refractivity contribution in [3.05, 3.63) is 62.8 Å². The van der Waals surface area contributed by atoms with Gasteiger partial charge in [0.2, 0.25) is 5.78 Å². The van der Waals surface area contributed by atoms with Crippen LogP contribution in [0.5, 0.6) is 11.5 Å². The van der Waals surface area contributed by atoms with E-state index in [1.165, 1.54) is 0 Å². The number of halogens is 1. The first-order chi connectivity index (χ1) is 14.3. The Bertz CT molecular complexity index is 1200. The number of ketones is 1. The van der Waals surface area contributed by atoms with Crippen LogP contribution in [0.25, 0.3) is 6.08 Å². The van der Waals surface area contributed by atoms with Crippen LogP contribution in [0.1, 0.15) is 33.5 Å². The number of Topliss-reactive ketones (excluding diaryl/α,β-unsaturated/α-hetero) is 1. The molecule has 5 rings (SSSR count). The summed E-state index contributed by atoms with van der Waals surface area (Å²) in [5.74, 6) is 1.78. The van der Waals surface area contributed by atoms with Crippen molar-refractivity contribution in [3.8, 4) is 11.5 Å². The molecule has 2 aromatic carbocycles. The maximum atomic E-state index is 13.0. The summed E-state index contributed by atoms with van der Waals surface area (Å²) in [6, 6.07) is 9.43. The molecule has 156 valence electrons. The standard InChI is InChI=1S/C22H20BrNO5S/c1-13-21-15(10-24(12-28-21)17-5-6-30(26,27)11-17)9-18-20(25)19(29-22(13)18)8-14-3-2-4-16(23)7-14/h2-4,7-9,17H,5-6,10-12H2,1H3/b19-8-. The number of carbonyl (C=O) groups excluding carboxylic acids is 1. The fourth-order valence-electron chi connectivity index (χ4n) is 4.31. The lowest BCUT2D eigenvalue weighted by Gasteiger charge is -2.33. The van der Waals surface area contributed by atoms with Crippen molar-refractivity contribution in [2.45, 2.75) is 25.9 Å². The summed E-state index contributed by atoms with van der Waals surface area (Å²) >= 11 is 3.44. The van der Waals surface area contributed by atoms with Crippen LogP contribution in [-0.4, -0.2) is 43.4 Å². The van der Waals surface area contributed by atoms with Crippen LogP contribution in [0.15, 0.2) is 40.6 Å². The number of ether oxygens (including phenoxy) is 2. The molecule has 30 heavy (non-hydrogen) atoms. The summed E-state index contributed by atoms with van der Waals surface area (Å²) in [5.41, 5.74) is 3.08. The molecule has 0 aliphatic carbocycles. The predicted octanol–water partition coefficient (Wildman–Crippen LogP) is 3.71. The van der Waals surface area contributed by atoms with Gasteiger partial charge < -0.3 is 9.47 Å². The molecule has 0 bridgehead atoms. The van der Waals surface area contributed by atoms with Gasteiger partial charge in [0.15, 0.2) is 15.6 Å². The summed E-state index contributed by atoms with van der Waals surface area (Å²) in [6.45, 7) is 2.78. The van der Waals surface area contributed by atoms with Crippen molar-refractivity contribution in [3.63, 3.8) is 0 Å². The van der Waals surface area contributed by atoms with Crippen LogP contribution in [0.3, 0.4) is 0 Å². The van der Waals surface area contributed by atoms with Crippen molar-refractivity contribution < 1.29 is 22.7 Å². The van der Waals surface area contributed by atoms with Gasteiger partial charge in [-0.15, -0.1) is 0 Å². The van der Waals surface area contributed by atoms with E-state index >= 15 is 0 Å². The molecule has 8 heteroatoms. The number of nitrogens with zero attached hydrogens (tertiary/aromatic N) is 1. The van der Waals surface area contributed by atoms with Gasteiger partial charge in [0.25, 0.3) is 0 Å². The molecule has 0 radical (unpaired) electrons. The maximum Gasteiger partial charge on any atom is 0.231 e. The zero-order chi connectivity index (χ0) is 21.0. The second-order valence-electron chi connectivity index (χ2n) is 7.94. The molecule has 6 nitrogen and oxygen atoms in total. The third kappa shape index (κ3) is 3.46. The van der Waals surface area contributed by atoms with E-state index in [1.807, 2.05) is 42.2 Å². The van der Waals surface area contributed by atoms with E-state index in [2.05, 4.69) is 15.9 Å². The van der Waals surface area contributed by atoms with Crippen LogP contribution in [0.4, 0.5) is 0 Å².